The van der Waals surface area contributed by atoms with Crippen molar-refractivity contribution in [3.05, 3.63) is 74.2 Å². The maximum atomic E-state index is 13.1. The topological polar surface area (TPSA) is 70.1 Å². The van der Waals surface area contributed by atoms with Gasteiger partial charge in [0.25, 0.3) is 11.7 Å². The number of nitrogens with zero attached hydrogens (tertiary/aromatic N) is 2. The number of Topliss-reactive ketones (excluding diaryl/α,β-unsaturated/α-hetero) is 1. The summed E-state index contributed by atoms with van der Waals surface area (Å²) < 4.78 is 5.38. The molecule has 0 saturated carbocycles. The molecule has 0 spiro atoms. The van der Waals surface area contributed by atoms with Crippen LogP contribution in [0.5, 0.6) is 0 Å². The Bertz CT molecular complexity index is 1070. The van der Waals surface area contributed by atoms with E-state index in [9.17, 15) is 14.7 Å². The SMILES string of the molecule is O=C1C(=O)N(CCN2CCOCC2)[C@@H](c2ccc(Cl)cc2Cl)/C1=C(\O)c1ccc(Cl)cc1. The van der Waals surface area contributed by atoms with E-state index in [0.717, 1.165) is 13.1 Å². The van der Waals surface area contributed by atoms with Crippen molar-refractivity contribution in [2.45, 2.75) is 6.04 Å². The second-order valence-electron chi connectivity index (χ2n) is 7.62. The Morgan fingerprint density at radius 3 is 2.28 bits per heavy atom. The summed E-state index contributed by atoms with van der Waals surface area (Å²) in [6, 6.07) is 10.5. The summed E-state index contributed by atoms with van der Waals surface area (Å²) in [5.41, 5.74) is 0.895. The van der Waals surface area contributed by atoms with Crippen LogP contribution < -0.4 is 0 Å². The van der Waals surface area contributed by atoms with Crippen molar-refractivity contribution >= 4 is 52.3 Å². The molecule has 6 nitrogen and oxygen atoms in total. The van der Waals surface area contributed by atoms with E-state index in [1.807, 2.05) is 0 Å². The molecule has 0 aliphatic carbocycles. The molecule has 0 bridgehead atoms. The first-order valence-electron chi connectivity index (χ1n) is 10.2. The fourth-order valence-electron chi connectivity index (χ4n) is 3.99. The Morgan fingerprint density at radius 2 is 1.62 bits per heavy atom. The molecule has 2 aliphatic rings. The van der Waals surface area contributed by atoms with Gasteiger partial charge >= 0.3 is 0 Å². The number of likely N-dealkylation sites (tertiary alicyclic amines) is 1. The van der Waals surface area contributed by atoms with Crippen molar-refractivity contribution in [2.75, 3.05) is 39.4 Å². The van der Waals surface area contributed by atoms with Crippen molar-refractivity contribution in [2.24, 2.45) is 0 Å². The van der Waals surface area contributed by atoms with Crippen LogP contribution >= 0.6 is 34.8 Å². The van der Waals surface area contributed by atoms with E-state index >= 15 is 0 Å². The largest absolute Gasteiger partial charge is 0.507 e. The molecule has 2 saturated heterocycles. The van der Waals surface area contributed by atoms with E-state index in [-0.39, 0.29) is 11.3 Å². The Hall–Kier alpha value is -2.09. The molecule has 0 radical (unpaired) electrons. The Balaban J connectivity index is 1.76. The van der Waals surface area contributed by atoms with E-state index in [2.05, 4.69) is 4.90 Å². The number of hydrogen-bond acceptors (Lipinski definition) is 5. The maximum absolute atomic E-state index is 13.1. The van der Waals surface area contributed by atoms with E-state index in [4.69, 9.17) is 39.5 Å². The summed E-state index contributed by atoms with van der Waals surface area (Å²) in [5.74, 6) is -1.70. The zero-order valence-electron chi connectivity index (χ0n) is 17.1. The number of ketones is 1. The van der Waals surface area contributed by atoms with Crippen LogP contribution in [0.4, 0.5) is 0 Å². The number of halogens is 3. The molecule has 32 heavy (non-hydrogen) atoms. The Kier molecular flexibility index (Phi) is 7.08. The molecule has 1 atom stereocenters. The molecular weight excluding hydrogens is 475 g/mol. The first-order chi connectivity index (χ1) is 15.4. The van der Waals surface area contributed by atoms with Crippen molar-refractivity contribution in [3.8, 4) is 0 Å². The number of carbonyl (C=O) groups is 2. The van der Waals surface area contributed by atoms with Crippen molar-refractivity contribution in [1.29, 1.82) is 0 Å². The summed E-state index contributed by atoms with van der Waals surface area (Å²) >= 11 is 18.5. The lowest BCUT2D eigenvalue weighted by atomic mass is 9.95. The molecule has 2 heterocycles. The van der Waals surface area contributed by atoms with Crippen molar-refractivity contribution in [1.82, 2.24) is 9.80 Å². The van der Waals surface area contributed by atoms with Gasteiger partial charge in [0.15, 0.2) is 0 Å². The fourth-order valence-corrected chi connectivity index (χ4v) is 4.63. The smallest absolute Gasteiger partial charge is 0.295 e. The minimum absolute atomic E-state index is 0.0106. The number of ether oxygens (including phenoxy) is 1. The van der Waals surface area contributed by atoms with Crippen LogP contribution in [0.15, 0.2) is 48.0 Å². The van der Waals surface area contributed by atoms with E-state index < -0.39 is 17.7 Å². The van der Waals surface area contributed by atoms with Gasteiger partial charge < -0.3 is 14.7 Å². The van der Waals surface area contributed by atoms with Gasteiger partial charge in [-0.15, -0.1) is 0 Å². The number of rotatable bonds is 5. The predicted octanol–water partition coefficient (Wildman–Crippen LogP) is 4.40. The number of morpholine rings is 1. The van der Waals surface area contributed by atoms with E-state index in [1.54, 1.807) is 42.5 Å². The monoisotopic (exact) mass is 494 g/mol. The number of aliphatic hydroxyl groups excluding tert-OH is 1. The number of amides is 1. The molecule has 2 aromatic rings. The highest BCUT2D eigenvalue weighted by Crippen LogP contribution is 2.42. The molecule has 9 heteroatoms. The Morgan fingerprint density at radius 1 is 0.969 bits per heavy atom. The molecule has 4 rings (SSSR count). The van der Waals surface area contributed by atoms with Crippen molar-refractivity contribution in [3.63, 3.8) is 0 Å². The van der Waals surface area contributed by atoms with Crippen LogP contribution in [0.3, 0.4) is 0 Å². The second kappa shape index (κ2) is 9.81. The third-order valence-corrected chi connectivity index (χ3v) is 6.49. The van der Waals surface area contributed by atoms with Crippen LogP contribution in [0.1, 0.15) is 17.2 Å². The molecule has 1 amide bonds. The highest BCUT2D eigenvalue weighted by molar-refractivity contribution is 6.47. The summed E-state index contributed by atoms with van der Waals surface area (Å²) in [6.07, 6.45) is 0. The highest BCUT2D eigenvalue weighted by Gasteiger charge is 2.46. The molecule has 2 aliphatic heterocycles. The lowest BCUT2D eigenvalue weighted by Crippen LogP contribution is -2.42. The molecule has 168 valence electrons. The second-order valence-corrected chi connectivity index (χ2v) is 8.90. The predicted molar refractivity (Wildman–Crippen MR) is 124 cm³/mol. The van der Waals surface area contributed by atoms with Crippen LogP contribution in [0.2, 0.25) is 15.1 Å². The van der Waals surface area contributed by atoms with Gasteiger partial charge in [-0.25, -0.2) is 0 Å². The van der Waals surface area contributed by atoms with E-state index in [1.165, 1.54) is 4.90 Å². The lowest BCUT2D eigenvalue weighted by Gasteiger charge is -2.31. The van der Waals surface area contributed by atoms with Gasteiger partial charge in [-0.3, -0.25) is 14.5 Å². The molecular formula is C23H21Cl3N2O4. The molecule has 0 aromatic heterocycles. The summed E-state index contributed by atoms with van der Waals surface area (Å²) in [5, 5.41) is 12.3. The first kappa shape index (κ1) is 23.1. The minimum Gasteiger partial charge on any atom is -0.507 e. The van der Waals surface area contributed by atoms with Gasteiger partial charge in [-0.05, 0) is 42.0 Å². The number of hydrogen-bond donors (Lipinski definition) is 1. The van der Waals surface area contributed by atoms with Crippen molar-refractivity contribution < 1.29 is 19.4 Å². The number of benzene rings is 2. The normalized spacial score (nSPS) is 21.3. The van der Waals surface area contributed by atoms with Gasteiger partial charge in [0, 0.05) is 46.8 Å². The maximum Gasteiger partial charge on any atom is 0.295 e. The lowest BCUT2D eigenvalue weighted by molar-refractivity contribution is -0.140. The quantitative estimate of drug-likeness (QED) is 0.378. The van der Waals surface area contributed by atoms with Gasteiger partial charge in [0.1, 0.15) is 5.76 Å². The van der Waals surface area contributed by atoms with Gasteiger partial charge in [0.05, 0.1) is 24.8 Å². The van der Waals surface area contributed by atoms with Crippen LogP contribution in [-0.4, -0.2) is 66.0 Å². The summed E-state index contributed by atoms with van der Waals surface area (Å²) in [4.78, 5) is 29.7. The van der Waals surface area contributed by atoms with Crippen LogP contribution in [0.25, 0.3) is 5.76 Å². The number of carbonyl (C=O) groups excluding carboxylic acids is 2. The highest BCUT2D eigenvalue weighted by atomic mass is 35.5. The fraction of sp³-hybridized carbons (Fsp3) is 0.304. The van der Waals surface area contributed by atoms with Gasteiger partial charge in [-0.1, -0.05) is 40.9 Å². The molecule has 0 unspecified atom stereocenters. The minimum atomic E-state index is -0.837. The average Bonchev–Trinajstić information content (AvgIpc) is 3.03. The van der Waals surface area contributed by atoms with Crippen LogP contribution in [-0.2, 0) is 14.3 Å². The number of aliphatic hydroxyl groups is 1. The van der Waals surface area contributed by atoms with Crippen LogP contribution in [0, 0.1) is 0 Å². The van der Waals surface area contributed by atoms with E-state index in [0.29, 0.717) is 52.5 Å². The zero-order valence-corrected chi connectivity index (χ0v) is 19.3. The van der Waals surface area contributed by atoms with Gasteiger partial charge in [-0.2, -0.15) is 0 Å². The molecule has 2 aromatic carbocycles. The summed E-state index contributed by atoms with van der Waals surface area (Å²) in [7, 11) is 0. The van der Waals surface area contributed by atoms with Gasteiger partial charge in [0.2, 0.25) is 0 Å². The first-order valence-corrected chi connectivity index (χ1v) is 11.3. The third-order valence-electron chi connectivity index (χ3n) is 5.68. The zero-order chi connectivity index (χ0) is 22.8. The summed E-state index contributed by atoms with van der Waals surface area (Å²) in [6.45, 7) is 3.62. The molecule has 2 fully saturated rings. The third kappa shape index (κ3) is 4.65. The molecule has 1 N–H and O–H groups in total. The standard InChI is InChI=1S/C23H21Cl3N2O4/c24-15-3-1-14(2-4-15)21(29)19-20(17-6-5-16(25)13-18(17)26)28(23(31)22(19)30)8-7-27-9-11-32-12-10-27/h1-6,13,20,29H,7-12H2/b21-19+/t20-/m0/s1. The average molecular weight is 496 g/mol. The Labute approximate surface area is 200 Å².